The number of halogens is 2. The lowest BCUT2D eigenvalue weighted by atomic mass is 10.2. The minimum absolute atomic E-state index is 0. The number of amides is 1. The molecule has 1 amide bonds. The molecule has 0 bridgehead atoms. The average Bonchev–Trinajstić information content (AvgIpc) is 2.77. The van der Waals surface area contributed by atoms with Gasteiger partial charge in [0.05, 0.1) is 0 Å². The molecule has 0 aliphatic carbocycles. The average molecular weight is 544 g/mol. The quantitative estimate of drug-likeness (QED) is 0.330. The number of rotatable bonds is 6. The number of guanidine groups is 1. The van der Waals surface area contributed by atoms with Gasteiger partial charge in [-0.25, -0.2) is 9.97 Å². The highest BCUT2D eigenvalue weighted by Crippen LogP contribution is 2.14. The fourth-order valence-corrected chi connectivity index (χ4v) is 3.30. The predicted molar refractivity (Wildman–Crippen MR) is 131 cm³/mol. The third-order valence-electron chi connectivity index (χ3n) is 4.73. The molecule has 0 radical (unpaired) electrons. The Labute approximate surface area is 199 Å². The molecule has 1 aliphatic heterocycles. The van der Waals surface area contributed by atoms with Crippen molar-refractivity contribution in [2.45, 2.75) is 13.0 Å². The highest BCUT2D eigenvalue weighted by molar-refractivity contribution is 14.0. The smallest absolute Gasteiger partial charge is 0.225 e. The first-order chi connectivity index (χ1) is 14.2. The lowest BCUT2D eigenvalue weighted by Gasteiger charge is -2.34. The molecule has 2 N–H and O–H groups in total. The molecule has 1 aliphatic rings. The first kappa shape index (κ1) is 24.1. The Hall–Kier alpha value is -2.14. The standard InChI is InChI=1S/C20H26ClN7O.HI/c1-22-19(26-15-16-5-2-3-6-17(16)21)23-10-7-18(29)27-11-13-28(14-12-27)20-24-8-4-9-25-20;/h2-6,8-9H,7,10-15H2,1H3,(H2,22,23,26);1H. The largest absolute Gasteiger partial charge is 0.356 e. The molecule has 1 aromatic heterocycles. The Morgan fingerprint density at radius 2 is 1.80 bits per heavy atom. The van der Waals surface area contributed by atoms with E-state index in [9.17, 15) is 4.79 Å². The van der Waals surface area contributed by atoms with Gasteiger partial charge in [-0.05, 0) is 17.7 Å². The Morgan fingerprint density at radius 3 is 2.47 bits per heavy atom. The second-order valence-electron chi connectivity index (χ2n) is 6.61. The van der Waals surface area contributed by atoms with Crippen LogP contribution in [0.5, 0.6) is 0 Å². The van der Waals surface area contributed by atoms with Gasteiger partial charge in [0.15, 0.2) is 5.96 Å². The Balaban J connectivity index is 0.00000320. The van der Waals surface area contributed by atoms with Crippen LogP contribution in [-0.2, 0) is 11.3 Å². The second kappa shape index (κ2) is 12.5. The van der Waals surface area contributed by atoms with Gasteiger partial charge in [-0.1, -0.05) is 29.8 Å². The van der Waals surface area contributed by atoms with Gasteiger partial charge in [0.1, 0.15) is 0 Å². The van der Waals surface area contributed by atoms with Gasteiger partial charge in [-0.2, -0.15) is 0 Å². The SMILES string of the molecule is CN=C(NCCC(=O)N1CCN(c2ncccn2)CC1)NCc1ccccc1Cl.I. The maximum absolute atomic E-state index is 12.5. The van der Waals surface area contributed by atoms with Gasteiger partial charge in [-0.3, -0.25) is 9.79 Å². The number of carbonyl (C=O) groups excluding carboxylic acids is 1. The molecule has 0 spiro atoms. The predicted octanol–water partition coefficient (Wildman–Crippen LogP) is 2.15. The van der Waals surface area contributed by atoms with Crippen LogP contribution in [0.25, 0.3) is 0 Å². The van der Waals surface area contributed by atoms with Crippen LogP contribution < -0.4 is 15.5 Å². The normalized spacial score (nSPS) is 14.1. The van der Waals surface area contributed by atoms with E-state index < -0.39 is 0 Å². The van der Waals surface area contributed by atoms with Crippen LogP contribution in [0.4, 0.5) is 5.95 Å². The van der Waals surface area contributed by atoms with Crippen LogP contribution in [0.2, 0.25) is 5.02 Å². The van der Waals surface area contributed by atoms with Crippen molar-refractivity contribution in [2.75, 3.05) is 44.7 Å². The summed E-state index contributed by atoms with van der Waals surface area (Å²) in [6.45, 7) is 3.92. The summed E-state index contributed by atoms with van der Waals surface area (Å²) in [5.41, 5.74) is 0.994. The molecule has 8 nitrogen and oxygen atoms in total. The lowest BCUT2D eigenvalue weighted by Crippen LogP contribution is -2.50. The van der Waals surface area contributed by atoms with Gasteiger partial charge in [0.25, 0.3) is 0 Å². The summed E-state index contributed by atoms with van der Waals surface area (Å²) in [5, 5.41) is 7.11. The maximum atomic E-state index is 12.5. The van der Waals surface area contributed by atoms with Crippen molar-refractivity contribution in [1.29, 1.82) is 0 Å². The maximum Gasteiger partial charge on any atom is 0.225 e. The number of nitrogens with one attached hydrogen (secondary N) is 2. The second-order valence-corrected chi connectivity index (χ2v) is 7.02. The van der Waals surface area contributed by atoms with Gasteiger partial charge >= 0.3 is 0 Å². The van der Waals surface area contributed by atoms with Crippen molar-refractivity contribution in [3.05, 3.63) is 53.3 Å². The van der Waals surface area contributed by atoms with Crippen molar-refractivity contribution in [3.63, 3.8) is 0 Å². The molecule has 2 aromatic rings. The Morgan fingerprint density at radius 1 is 1.10 bits per heavy atom. The van der Waals surface area contributed by atoms with E-state index in [4.69, 9.17) is 11.6 Å². The summed E-state index contributed by atoms with van der Waals surface area (Å²) in [4.78, 5) is 29.2. The van der Waals surface area contributed by atoms with Crippen LogP contribution in [0.3, 0.4) is 0 Å². The van der Waals surface area contributed by atoms with Crippen LogP contribution in [-0.4, -0.2) is 66.5 Å². The molecule has 0 atom stereocenters. The van der Waals surface area contributed by atoms with E-state index in [0.29, 0.717) is 43.6 Å². The summed E-state index contributed by atoms with van der Waals surface area (Å²) in [5.74, 6) is 1.49. The highest BCUT2D eigenvalue weighted by Gasteiger charge is 2.22. The van der Waals surface area contributed by atoms with Crippen LogP contribution in [0.15, 0.2) is 47.7 Å². The van der Waals surface area contributed by atoms with E-state index in [-0.39, 0.29) is 29.9 Å². The monoisotopic (exact) mass is 543 g/mol. The Bertz CT molecular complexity index is 829. The van der Waals surface area contributed by atoms with Crippen LogP contribution in [0, 0.1) is 0 Å². The van der Waals surface area contributed by atoms with E-state index in [1.54, 1.807) is 25.5 Å². The zero-order valence-corrected chi connectivity index (χ0v) is 20.0. The molecule has 30 heavy (non-hydrogen) atoms. The summed E-state index contributed by atoms with van der Waals surface area (Å²) < 4.78 is 0. The molecular formula is C20H27ClIN7O. The van der Waals surface area contributed by atoms with Gasteiger partial charge in [0.2, 0.25) is 11.9 Å². The molecule has 162 valence electrons. The zero-order valence-electron chi connectivity index (χ0n) is 16.9. The van der Waals surface area contributed by atoms with Crippen molar-refractivity contribution >= 4 is 53.4 Å². The van der Waals surface area contributed by atoms with E-state index >= 15 is 0 Å². The summed E-state index contributed by atoms with van der Waals surface area (Å²) in [6, 6.07) is 9.47. The molecule has 0 saturated carbocycles. The minimum atomic E-state index is 0. The molecule has 1 fully saturated rings. The van der Waals surface area contributed by atoms with E-state index in [1.807, 2.05) is 29.2 Å². The molecule has 3 rings (SSSR count). The topological polar surface area (TPSA) is 85.8 Å². The number of aliphatic imine (C=N–C) groups is 1. The first-order valence-electron chi connectivity index (χ1n) is 9.65. The summed E-state index contributed by atoms with van der Waals surface area (Å²) in [7, 11) is 1.70. The number of piperazine rings is 1. The van der Waals surface area contributed by atoms with Gasteiger partial charge < -0.3 is 20.4 Å². The molecule has 0 unspecified atom stereocenters. The third kappa shape index (κ3) is 6.98. The molecule has 1 aromatic carbocycles. The lowest BCUT2D eigenvalue weighted by molar-refractivity contribution is -0.131. The van der Waals surface area contributed by atoms with Crippen molar-refractivity contribution < 1.29 is 4.79 Å². The fraction of sp³-hybridized carbons (Fsp3) is 0.400. The van der Waals surface area contributed by atoms with Crippen molar-refractivity contribution in [2.24, 2.45) is 4.99 Å². The molecular weight excluding hydrogens is 517 g/mol. The summed E-state index contributed by atoms with van der Waals surface area (Å²) in [6.07, 6.45) is 3.88. The van der Waals surface area contributed by atoms with E-state index in [1.165, 1.54) is 0 Å². The number of aromatic nitrogens is 2. The molecule has 10 heteroatoms. The molecule has 1 saturated heterocycles. The van der Waals surface area contributed by atoms with Crippen LogP contribution in [0.1, 0.15) is 12.0 Å². The number of nitrogens with zero attached hydrogens (tertiary/aromatic N) is 5. The molecule has 2 heterocycles. The number of hydrogen-bond donors (Lipinski definition) is 2. The summed E-state index contributed by atoms with van der Waals surface area (Å²) >= 11 is 6.17. The zero-order chi connectivity index (χ0) is 20.5. The first-order valence-corrected chi connectivity index (χ1v) is 10.0. The van der Waals surface area contributed by atoms with E-state index in [2.05, 4.69) is 30.5 Å². The van der Waals surface area contributed by atoms with Crippen molar-refractivity contribution in [1.82, 2.24) is 25.5 Å². The highest BCUT2D eigenvalue weighted by atomic mass is 127. The Kier molecular flexibility index (Phi) is 10.1. The number of benzene rings is 1. The van der Waals surface area contributed by atoms with Crippen molar-refractivity contribution in [3.8, 4) is 0 Å². The van der Waals surface area contributed by atoms with E-state index in [0.717, 1.165) is 24.6 Å². The minimum Gasteiger partial charge on any atom is -0.356 e. The number of anilines is 1. The number of hydrogen-bond acceptors (Lipinski definition) is 5. The third-order valence-corrected chi connectivity index (χ3v) is 5.10. The fourth-order valence-electron chi connectivity index (χ4n) is 3.10. The number of carbonyl (C=O) groups is 1. The van der Waals surface area contributed by atoms with Crippen LogP contribution >= 0.6 is 35.6 Å². The van der Waals surface area contributed by atoms with Gasteiger partial charge in [-0.15, -0.1) is 24.0 Å². The van der Waals surface area contributed by atoms with Gasteiger partial charge in [0, 0.05) is 70.2 Å².